The number of benzene rings is 1. The first-order valence-corrected chi connectivity index (χ1v) is 14.4. The molecule has 1 aromatic heterocycles. The van der Waals surface area contributed by atoms with Gasteiger partial charge in [-0.1, -0.05) is 45.0 Å². The third kappa shape index (κ3) is 8.49. The van der Waals surface area contributed by atoms with Gasteiger partial charge in [0.05, 0.1) is 23.1 Å². The zero-order valence-electron chi connectivity index (χ0n) is 24.6. The number of nitrogens with one attached hydrogen (secondary N) is 2. The molecular formula is C29H40N4O7S. The summed E-state index contributed by atoms with van der Waals surface area (Å²) < 4.78 is 10.4. The molecule has 1 saturated heterocycles. The third-order valence-corrected chi connectivity index (χ3v) is 7.23. The quantitative estimate of drug-likeness (QED) is 0.397. The van der Waals surface area contributed by atoms with Crippen molar-refractivity contribution in [1.29, 1.82) is 0 Å². The standard InChI is InChI=1S/C29H40N4O7S/c1-8-39-26(37)21-22(41-16-31-21)18-11-9-17(10-12-18)14-30-24(35)20-13-19(34)15-33(20)25(36)23(28(2,3)4)32-27(38)40-29(5,6)7/h9-12,16,19-20,23,34H,8,13-15H2,1-7H3,(H,30,35)(H,32,38)/t19-,20+,23?/m1/s1. The van der Waals surface area contributed by atoms with E-state index in [2.05, 4.69) is 15.6 Å². The van der Waals surface area contributed by atoms with Crippen molar-refractivity contribution in [3.05, 3.63) is 41.0 Å². The highest BCUT2D eigenvalue weighted by atomic mass is 32.1. The maximum absolute atomic E-state index is 13.6. The number of aliphatic hydroxyl groups excluding tert-OH is 1. The SMILES string of the molecule is CCOC(=O)c1ncsc1-c1ccc(CNC(=O)[C@@H]2C[C@@H](O)CN2C(=O)C(NC(=O)OC(C)(C)C)C(C)(C)C)cc1. The first kappa shape index (κ1) is 32.0. The molecule has 3 atom stereocenters. The van der Waals surface area contributed by atoms with Gasteiger partial charge in [-0.05, 0) is 44.2 Å². The second-order valence-corrected chi connectivity index (χ2v) is 12.9. The van der Waals surface area contributed by atoms with Gasteiger partial charge in [-0.15, -0.1) is 11.3 Å². The predicted octanol–water partition coefficient (Wildman–Crippen LogP) is 3.50. The molecule has 2 heterocycles. The summed E-state index contributed by atoms with van der Waals surface area (Å²) in [5.41, 5.74) is 2.02. The number of ether oxygens (including phenoxy) is 2. The van der Waals surface area contributed by atoms with Crippen molar-refractivity contribution in [3.63, 3.8) is 0 Å². The maximum atomic E-state index is 13.6. The van der Waals surface area contributed by atoms with Crippen molar-refractivity contribution in [2.45, 2.75) is 85.2 Å². The van der Waals surface area contributed by atoms with E-state index in [9.17, 15) is 24.3 Å². The number of likely N-dealkylation sites (tertiary alicyclic amines) is 1. The lowest BCUT2D eigenvalue weighted by Gasteiger charge is -2.35. The van der Waals surface area contributed by atoms with E-state index in [0.717, 1.165) is 11.1 Å². The number of rotatable bonds is 8. The molecule has 2 aromatic rings. The summed E-state index contributed by atoms with van der Waals surface area (Å²) in [4.78, 5) is 57.7. The monoisotopic (exact) mass is 588 g/mol. The number of amides is 3. The molecule has 1 aliphatic rings. The van der Waals surface area contributed by atoms with Crippen LogP contribution < -0.4 is 10.6 Å². The molecule has 1 aliphatic heterocycles. The molecule has 11 nitrogen and oxygen atoms in total. The van der Waals surface area contributed by atoms with Crippen LogP contribution in [0.3, 0.4) is 0 Å². The number of nitrogens with zero attached hydrogens (tertiary/aromatic N) is 2. The summed E-state index contributed by atoms with van der Waals surface area (Å²) in [5, 5.41) is 15.9. The van der Waals surface area contributed by atoms with Crippen molar-refractivity contribution in [1.82, 2.24) is 20.5 Å². The lowest BCUT2D eigenvalue weighted by molar-refractivity contribution is -0.142. The van der Waals surface area contributed by atoms with Crippen LogP contribution in [0, 0.1) is 5.41 Å². The molecule has 1 fully saturated rings. The van der Waals surface area contributed by atoms with Crippen LogP contribution in [0.25, 0.3) is 10.4 Å². The number of aliphatic hydroxyl groups is 1. The smallest absolute Gasteiger partial charge is 0.408 e. The number of hydrogen-bond acceptors (Lipinski definition) is 9. The van der Waals surface area contributed by atoms with Crippen molar-refractivity contribution in [3.8, 4) is 10.4 Å². The van der Waals surface area contributed by atoms with Crippen LogP contribution in [0.5, 0.6) is 0 Å². The number of aromatic nitrogens is 1. The Morgan fingerprint density at radius 2 is 1.78 bits per heavy atom. The summed E-state index contributed by atoms with van der Waals surface area (Å²) in [6, 6.07) is 5.46. The third-order valence-electron chi connectivity index (χ3n) is 6.36. The number of hydrogen-bond donors (Lipinski definition) is 3. The van der Waals surface area contributed by atoms with Crippen LogP contribution in [0.1, 0.15) is 70.9 Å². The zero-order valence-corrected chi connectivity index (χ0v) is 25.5. The van der Waals surface area contributed by atoms with Crippen molar-refractivity contribution in [2.75, 3.05) is 13.2 Å². The van der Waals surface area contributed by atoms with Gasteiger partial charge in [0.1, 0.15) is 17.7 Å². The number of carbonyl (C=O) groups is 4. The molecule has 0 saturated carbocycles. The van der Waals surface area contributed by atoms with E-state index in [1.54, 1.807) is 54.0 Å². The van der Waals surface area contributed by atoms with Gasteiger partial charge in [0.2, 0.25) is 11.8 Å². The molecule has 0 aliphatic carbocycles. The molecule has 3 N–H and O–H groups in total. The molecule has 224 valence electrons. The van der Waals surface area contributed by atoms with Crippen molar-refractivity contribution >= 4 is 35.2 Å². The second-order valence-electron chi connectivity index (χ2n) is 12.0. The molecule has 0 spiro atoms. The summed E-state index contributed by atoms with van der Waals surface area (Å²) in [6.45, 7) is 12.8. The Kier molecular flexibility index (Phi) is 10.1. The lowest BCUT2D eigenvalue weighted by Crippen LogP contribution is -2.58. The first-order valence-electron chi connectivity index (χ1n) is 13.6. The van der Waals surface area contributed by atoms with E-state index in [-0.39, 0.29) is 31.8 Å². The van der Waals surface area contributed by atoms with Crippen molar-refractivity contribution in [2.24, 2.45) is 5.41 Å². The van der Waals surface area contributed by atoms with Gasteiger partial charge in [-0.3, -0.25) is 9.59 Å². The summed E-state index contributed by atoms with van der Waals surface area (Å²) >= 11 is 1.33. The average molecular weight is 589 g/mol. The Morgan fingerprint density at radius 1 is 1.12 bits per heavy atom. The van der Waals surface area contributed by atoms with Crippen LogP contribution in [-0.2, 0) is 25.6 Å². The largest absolute Gasteiger partial charge is 0.461 e. The van der Waals surface area contributed by atoms with E-state index < -0.39 is 53.1 Å². The molecule has 0 radical (unpaired) electrons. The Labute approximate surface area is 244 Å². The molecular weight excluding hydrogens is 548 g/mol. The van der Waals surface area contributed by atoms with Gasteiger partial charge in [-0.25, -0.2) is 14.6 Å². The van der Waals surface area contributed by atoms with Gasteiger partial charge in [0.25, 0.3) is 0 Å². The first-order chi connectivity index (χ1) is 19.1. The zero-order chi connectivity index (χ0) is 30.5. The predicted molar refractivity (Wildman–Crippen MR) is 154 cm³/mol. The highest BCUT2D eigenvalue weighted by molar-refractivity contribution is 7.13. The molecule has 3 rings (SSSR count). The molecule has 41 heavy (non-hydrogen) atoms. The minimum absolute atomic E-state index is 0.0220. The topological polar surface area (TPSA) is 147 Å². The van der Waals surface area contributed by atoms with Gasteiger partial charge >= 0.3 is 12.1 Å². The Balaban J connectivity index is 1.68. The van der Waals surface area contributed by atoms with E-state index in [1.165, 1.54) is 16.2 Å². The molecule has 3 amide bonds. The average Bonchev–Trinajstić information content (AvgIpc) is 3.51. The Hall–Kier alpha value is -3.51. The fourth-order valence-corrected chi connectivity index (χ4v) is 5.21. The lowest BCUT2D eigenvalue weighted by atomic mass is 9.85. The fraction of sp³-hybridized carbons (Fsp3) is 0.552. The number of β-amino-alcohol motifs (C(OH)–C–C–N with tert-alkyl or cyclic N) is 1. The normalized spacial score (nSPS) is 18.0. The molecule has 1 aromatic carbocycles. The van der Waals surface area contributed by atoms with Gasteiger partial charge < -0.3 is 30.1 Å². The number of alkyl carbamates (subject to hydrolysis) is 1. The van der Waals surface area contributed by atoms with Gasteiger partial charge in [0, 0.05) is 19.5 Å². The van der Waals surface area contributed by atoms with Crippen LogP contribution in [-0.4, -0.2) is 75.8 Å². The Morgan fingerprint density at radius 3 is 2.37 bits per heavy atom. The van der Waals surface area contributed by atoms with E-state index in [1.807, 2.05) is 24.3 Å². The van der Waals surface area contributed by atoms with Crippen molar-refractivity contribution < 1.29 is 33.8 Å². The second kappa shape index (κ2) is 13.0. The highest BCUT2D eigenvalue weighted by Gasteiger charge is 2.44. The maximum Gasteiger partial charge on any atom is 0.408 e. The van der Waals surface area contributed by atoms with Gasteiger partial charge in [0.15, 0.2) is 5.69 Å². The summed E-state index contributed by atoms with van der Waals surface area (Å²) in [5.74, 6) is -1.35. The van der Waals surface area contributed by atoms with Crippen LogP contribution >= 0.6 is 11.3 Å². The fourth-order valence-electron chi connectivity index (χ4n) is 4.42. The van der Waals surface area contributed by atoms with E-state index in [4.69, 9.17) is 9.47 Å². The van der Waals surface area contributed by atoms with Crippen LogP contribution in [0.2, 0.25) is 0 Å². The van der Waals surface area contributed by atoms with E-state index >= 15 is 0 Å². The number of carbonyl (C=O) groups excluding carboxylic acids is 4. The minimum atomic E-state index is -0.975. The summed E-state index contributed by atoms with van der Waals surface area (Å²) in [7, 11) is 0. The summed E-state index contributed by atoms with van der Waals surface area (Å²) in [6.07, 6.45) is -1.52. The number of thiazole rings is 1. The van der Waals surface area contributed by atoms with Crippen LogP contribution in [0.15, 0.2) is 29.8 Å². The Bertz CT molecular complexity index is 1250. The van der Waals surface area contributed by atoms with E-state index in [0.29, 0.717) is 4.88 Å². The minimum Gasteiger partial charge on any atom is -0.461 e. The molecule has 12 heteroatoms. The molecule has 0 bridgehead atoms. The van der Waals surface area contributed by atoms with Gasteiger partial charge in [-0.2, -0.15) is 0 Å². The van der Waals surface area contributed by atoms with Crippen LogP contribution in [0.4, 0.5) is 4.79 Å². The number of esters is 1. The highest BCUT2D eigenvalue weighted by Crippen LogP contribution is 2.29. The molecule has 1 unspecified atom stereocenters.